The average Bonchev–Trinajstić information content (AvgIpc) is 3.04. The Kier molecular flexibility index (Phi) is 6.29. The number of fused-ring (bicyclic) bond motifs is 1. The Labute approximate surface area is 211 Å². The number of carbonyl (C=O) groups is 3. The first kappa shape index (κ1) is 22.7. The van der Waals surface area contributed by atoms with Crippen LogP contribution < -0.4 is 5.32 Å². The zero-order chi connectivity index (χ0) is 24.4. The van der Waals surface area contributed by atoms with Gasteiger partial charge in [0, 0.05) is 32.4 Å². The summed E-state index contributed by atoms with van der Waals surface area (Å²) in [5.41, 5.74) is 3.87. The lowest BCUT2D eigenvalue weighted by atomic mass is 9.95. The molecule has 0 saturated heterocycles. The van der Waals surface area contributed by atoms with Crippen LogP contribution >= 0.6 is 15.9 Å². The third-order valence-corrected chi connectivity index (χ3v) is 6.51. The molecule has 0 radical (unpaired) electrons. The van der Waals surface area contributed by atoms with Gasteiger partial charge in [0.1, 0.15) is 6.54 Å². The molecule has 0 saturated carbocycles. The van der Waals surface area contributed by atoms with E-state index in [1.54, 1.807) is 41.3 Å². The number of benzene rings is 4. The minimum absolute atomic E-state index is 0.102. The molecule has 5 nitrogen and oxygen atoms in total. The number of rotatable bonds is 4. The van der Waals surface area contributed by atoms with Gasteiger partial charge in [0.15, 0.2) is 5.78 Å². The van der Waals surface area contributed by atoms with Crippen molar-refractivity contribution in [2.24, 2.45) is 0 Å². The molecule has 0 bridgehead atoms. The molecule has 0 fully saturated rings. The van der Waals surface area contributed by atoms with Crippen LogP contribution in [0.2, 0.25) is 0 Å². The zero-order valence-electron chi connectivity index (χ0n) is 18.6. The summed E-state index contributed by atoms with van der Waals surface area (Å²) in [6, 6.07) is 30.4. The fourth-order valence-electron chi connectivity index (χ4n) is 4.35. The molecule has 35 heavy (non-hydrogen) atoms. The summed E-state index contributed by atoms with van der Waals surface area (Å²) in [4.78, 5) is 40.9. The number of nitrogens with zero attached hydrogens (tertiary/aromatic N) is 1. The minimum Gasteiger partial charge on any atom is -0.324 e. The zero-order valence-corrected chi connectivity index (χ0v) is 20.2. The molecule has 0 spiro atoms. The molecule has 6 heteroatoms. The summed E-state index contributed by atoms with van der Waals surface area (Å²) in [5, 5.41) is 2.93. The van der Waals surface area contributed by atoms with Crippen LogP contribution in [0.4, 0.5) is 5.69 Å². The van der Waals surface area contributed by atoms with Crippen LogP contribution in [0.25, 0.3) is 0 Å². The van der Waals surface area contributed by atoms with Gasteiger partial charge >= 0.3 is 0 Å². The molecule has 2 amide bonds. The standard InChI is InChI=1S/C29H21BrN2O3/c30-23-15-16-25-24(17-23)27(19-7-3-1-4-8-19)32(18-26(33)31-25)29(35)22-13-11-21(12-14-22)28(34)20-9-5-2-6-10-20/h1-17,27H,18H2,(H,31,33)/t27-/m0/s1. The SMILES string of the molecule is O=C1CN(C(=O)c2ccc(C(=O)c3ccccc3)cc2)[C@@H](c2ccccc2)c2cc(Br)ccc2N1. The van der Waals surface area contributed by atoms with Crippen molar-refractivity contribution in [3.63, 3.8) is 0 Å². The van der Waals surface area contributed by atoms with Crippen LogP contribution in [-0.2, 0) is 4.79 Å². The molecule has 1 atom stereocenters. The van der Waals surface area contributed by atoms with Crippen LogP contribution in [0.3, 0.4) is 0 Å². The van der Waals surface area contributed by atoms with Crippen molar-refractivity contribution < 1.29 is 14.4 Å². The Morgan fingerprint density at radius 3 is 2.06 bits per heavy atom. The first-order valence-electron chi connectivity index (χ1n) is 11.2. The summed E-state index contributed by atoms with van der Waals surface area (Å²) in [7, 11) is 0. The van der Waals surface area contributed by atoms with Gasteiger partial charge in [-0.25, -0.2) is 0 Å². The molecule has 1 heterocycles. The summed E-state index contributed by atoms with van der Waals surface area (Å²) in [6.07, 6.45) is 0. The Morgan fingerprint density at radius 1 is 0.771 bits per heavy atom. The maximum atomic E-state index is 13.8. The van der Waals surface area contributed by atoms with E-state index in [1.807, 2.05) is 66.7 Å². The van der Waals surface area contributed by atoms with Crippen LogP contribution in [0, 0.1) is 0 Å². The van der Waals surface area contributed by atoms with Crippen molar-refractivity contribution in [2.45, 2.75) is 6.04 Å². The number of hydrogen-bond donors (Lipinski definition) is 1. The van der Waals surface area contributed by atoms with Gasteiger partial charge in [-0.1, -0.05) is 88.7 Å². The largest absolute Gasteiger partial charge is 0.324 e. The van der Waals surface area contributed by atoms with E-state index < -0.39 is 6.04 Å². The first-order chi connectivity index (χ1) is 17.0. The number of amides is 2. The van der Waals surface area contributed by atoms with E-state index in [2.05, 4.69) is 21.2 Å². The molecular formula is C29H21BrN2O3. The lowest BCUT2D eigenvalue weighted by Gasteiger charge is -2.30. The second-order valence-electron chi connectivity index (χ2n) is 8.30. The van der Waals surface area contributed by atoms with E-state index in [0.29, 0.717) is 22.4 Å². The molecule has 1 aliphatic rings. The summed E-state index contributed by atoms with van der Waals surface area (Å²) in [5.74, 6) is -0.670. The number of anilines is 1. The smallest absolute Gasteiger partial charge is 0.255 e. The second kappa shape index (κ2) is 9.68. The van der Waals surface area contributed by atoms with Crippen LogP contribution in [0.1, 0.15) is 43.4 Å². The summed E-state index contributed by atoms with van der Waals surface area (Å²) < 4.78 is 0.851. The highest BCUT2D eigenvalue weighted by Gasteiger charge is 2.34. The molecule has 0 aromatic heterocycles. The number of nitrogens with one attached hydrogen (secondary N) is 1. The quantitative estimate of drug-likeness (QED) is 0.340. The van der Waals surface area contributed by atoms with Crippen molar-refractivity contribution in [1.82, 2.24) is 4.90 Å². The summed E-state index contributed by atoms with van der Waals surface area (Å²) >= 11 is 3.53. The Hall–Kier alpha value is -4.03. The van der Waals surface area contributed by atoms with E-state index >= 15 is 0 Å². The molecule has 0 aliphatic carbocycles. The van der Waals surface area contributed by atoms with Gasteiger partial charge in [0.25, 0.3) is 5.91 Å². The molecule has 172 valence electrons. The van der Waals surface area contributed by atoms with Crippen LogP contribution in [0.5, 0.6) is 0 Å². The maximum absolute atomic E-state index is 13.8. The second-order valence-corrected chi connectivity index (χ2v) is 9.21. The fourth-order valence-corrected chi connectivity index (χ4v) is 4.73. The highest BCUT2D eigenvalue weighted by molar-refractivity contribution is 9.10. The number of hydrogen-bond acceptors (Lipinski definition) is 3. The van der Waals surface area contributed by atoms with Gasteiger partial charge in [-0.05, 0) is 35.9 Å². The predicted molar refractivity (Wildman–Crippen MR) is 138 cm³/mol. The third-order valence-electron chi connectivity index (χ3n) is 6.01. The van der Waals surface area contributed by atoms with E-state index in [9.17, 15) is 14.4 Å². The van der Waals surface area contributed by atoms with Crippen molar-refractivity contribution in [1.29, 1.82) is 0 Å². The van der Waals surface area contributed by atoms with Gasteiger partial charge < -0.3 is 10.2 Å². The number of halogens is 1. The molecule has 0 unspecified atom stereocenters. The lowest BCUT2D eigenvalue weighted by molar-refractivity contribution is -0.117. The van der Waals surface area contributed by atoms with Crippen LogP contribution in [0.15, 0.2) is 108 Å². The topological polar surface area (TPSA) is 66.5 Å². The van der Waals surface area contributed by atoms with E-state index in [4.69, 9.17) is 0 Å². The first-order valence-corrected chi connectivity index (χ1v) is 12.0. The van der Waals surface area contributed by atoms with Gasteiger partial charge in [-0.3, -0.25) is 14.4 Å². The third kappa shape index (κ3) is 4.66. The summed E-state index contributed by atoms with van der Waals surface area (Å²) in [6.45, 7) is -0.102. The molecule has 1 N–H and O–H groups in total. The predicted octanol–water partition coefficient (Wildman–Crippen LogP) is 5.86. The number of ketones is 1. The minimum atomic E-state index is -0.472. The van der Waals surface area contributed by atoms with Crippen molar-refractivity contribution in [3.8, 4) is 0 Å². The molecule has 4 aromatic carbocycles. The van der Waals surface area contributed by atoms with Crippen molar-refractivity contribution in [2.75, 3.05) is 11.9 Å². The van der Waals surface area contributed by atoms with Crippen molar-refractivity contribution >= 4 is 39.2 Å². The van der Waals surface area contributed by atoms with Gasteiger partial charge in [-0.15, -0.1) is 0 Å². The van der Waals surface area contributed by atoms with Gasteiger partial charge in [0.05, 0.1) is 6.04 Å². The molecular weight excluding hydrogens is 504 g/mol. The van der Waals surface area contributed by atoms with E-state index in [0.717, 1.165) is 15.6 Å². The molecule has 1 aliphatic heterocycles. The Morgan fingerprint density at radius 2 is 1.37 bits per heavy atom. The lowest BCUT2D eigenvalue weighted by Crippen LogP contribution is -2.39. The monoisotopic (exact) mass is 524 g/mol. The highest BCUT2D eigenvalue weighted by atomic mass is 79.9. The number of carbonyl (C=O) groups excluding carboxylic acids is 3. The van der Waals surface area contributed by atoms with Crippen molar-refractivity contribution in [3.05, 3.63) is 135 Å². The van der Waals surface area contributed by atoms with Gasteiger partial charge in [-0.2, -0.15) is 0 Å². The fraction of sp³-hybridized carbons (Fsp3) is 0.0690. The Bertz CT molecular complexity index is 1400. The highest BCUT2D eigenvalue weighted by Crippen LogP contribution is 2.38. The van der Waals surface area contributed by atoms with E-state index in [1.165, 1.54) is 0 Å². The van der Waals surface area contributed by atoms with Gasteiger partial charge in [0.2, 0.25) is 5.91 Å². The average molecular weight is 525 g/mol. The normalized spacial score (nSPS) is 15.1. The van der Waals surface area contributed by atoms with E-state index in [-0.39, 0.29) is 24.1 Å². The molecule has 5 rings (SSSR count). The Balaban J connectivity index is 1.53. The van der Waals surface area contributed by atoms with Crippen LogP contribution in [-0.4, -0.2) is 29.0 Å². The molecule has 4 aromatic rings. The maximum Gasteiger partial charge on any atom is 0.255 e.